The van der Waals surface area contributed by atoms with Crippen molar-refractivity contribution in [3.8, 4) is 0 Å². The number of thioether (sulfide) groups is 1. The van der Waals surface area contributed by atoms with E-state index in [-0.39, 0.29) is 24.9 Å². The van der Waals surface area contributed by atoms with E-state index in [9.17, 15) is 14.4 Å². The molecule has 0 saturated carbocycles. The Labute approximate surface area is 200 Å². The van der Waals surface area contributed by atoms with E-state index >= 15 is 0 Å². The van der Waals surface area contributed by atoms with E-state index in [1.165, 1.54) is 26.1 Å². The highest BCUT2D eigenvalue weighted by atomic mass is 35.5. The average molecular weight is 485 g/mol. The fraction of sp³-hybridized carbons (Fsp3) is 0.333. The van der Waals surface area contributed by atoms with Crippen molar-refractivity contribution in [3.63, 3.8) is 0 Å². The van der Waals surface area contributed by atoms with Crippen LogP contribution in [0.5, 0.6) is 0 Å². The Kier molecular flexibility index (Phi) is 6.12. The summed E-state index contributed by atoms with van der Waals surface area (Å²) in [6.07, 6.45) is 6.50. The number of furan rings is 1. The lowest BCUT2D eigenvalue weighted by Crippen LogP contribution is -2.55. The van der Waals surface area contributed by atoms with Crippen LogP contribution in [0.15, 0.2) is 57.6 Å². The fourth-order valence-electron chi connectivity index (χ4n) is 4.51. The van der Waals surface area contributed by atoms with Crippen molar-refractivity contribution >= 4 is 51.9 Å². The average Bonchev–Trinajstić information content (AvgIpc) is 3.39. The van der Waals surface area contributed by atoms with Gasteiger partial charge >= 0.3 is 11.9 Å². The van der Waals surface area contributed by atoms with Crippen LogP contribution >= 0.6 is 23.4 Å². The molecule has 3 aliphatic rings. The Balaban J connectivity index is 1.49. The van der Waals surface area contributed by atoms with Gasteiger partial charge in [-0.25, -0.2) is 4.79 Å². The van der Waals surface area contributed by atoms with Crippen LogP contribution in [0.1, 0.15) is 37.9 Å². The van der Waals surface area contributed by atoms with E-state index in [1.54, 1.807) is 42.7 Å². The molecule has 0 bridgehead atoms. The lowest BCUT2D eigenvalue weighted by molar-refractivity contribution is -0.414. The summed E-state index contributed by atoms with van der Waals surface area (Å²) in [5, 5.41) is 3.96. The van der Waals surface area contributed by atoms with Crippen LogP contribution < -0.4 is 10.2 Å². The molecule has 1 aromatic heterocycles. The molecular weight excluding hydrogens is 462 g/mol. The van der Waals surface area contributed by atoms with Gasteiger partial charge in [0, 0.05) is 5.02 Å². The quantitative estimate of drug-likeness (QED) is 0.621. The molecule has 0 spiro atoms. The van der Waals surface area contributed by atoms with Gasteiger partial charge in [0.15, 0.2) is 17.5 Å². The van der Waals surface area contributed by atoms with Gasteiger partial charge in [0.2, 0.25) is 0 Å². The molecule has 2 aliphatic heterocycles. The molecule has 1 aliphatic carbocycles. The summed E-state index contributed by atoms with van der Waals surface area (Å²) in [5.41, 5.74) is 1.55. The maximum atomic E-state index is 13.6. The van der Waals surface area contributed by atoms with Gasteiger partial charge in [-0.1, -0.05) is 29.8 Å². The third-order valence-electron chi connectivity index (χ3n) is 6.11. The molecule has 7 nitrogen and oxygen atoms in total. The summed E-state index contributed by atoms with van der Waals surface area (Å²) in [5.74, 6) is -0.474. The van der Waals surface area contributed by atoms with Gasteiger partial charge in [-0.2, -0.15) is 9.37 Å². The first-order valence-electron chi connectivity index (χ1n) is 11.0. The summed E-state index contributed by atoms with van der Waals surface area (Å²) in [7, 11) is 0. The van der Waals surface area contributed by atoms with Crippen LogP contribution in [0.3, 0.4) is 0 Å². The third kappa shape index (κ3) is 4.25. The van der Waals surface area contributed by atoms with Crippen molar-refractivity contribution in [3.05, 3.63) is 63.9 Å². The molecule has 0 fully saturated rings. The summed E-state index contributed by atoms with van der Waals surface area (Å²) < 4.78 is 6.72. The van der Waals surface area contributed by atoms with Crippen molar-refractivity contribution in [2.75, 3.05) is 11.4 Å². The molecule has 33 heavy (non-hydrogen) atoms. The summed E-state index contributed by atoms with van der Waals surface area (Å²) >= 11 is 7.52. The topological polar surface area (TPSA) is 82.6 Å². The number of nitrogens with one attached hydrogen (secondary N) is 1. The number of anilines is 1. The molecule has 0 saturated heterocycles. The molecule has 2 aromatic rings. The van der Waals surface area contributed by atoms with E-state index in [1.807, 2.05) is 0 Å². The first kappa shape index (κ1) is 22.0. The van der Waals surface area contributed by atoms with Crippen molar-refractivity contribution in [2.24, 2.45) is 5.92 Å². The van der Waals surface area contributed by atoms with E-state index in [0.717, 1.165) is 37.7 Å². The lowest BCUT2D eigenvalue weighted by atomic mass is 9.93. The normalized spacial score (nSPS) is 20.6. The highest BCUT2D eigenvalue weighted by Gasteiger charge is 2.54. The monoisotopic (exact) mass is 484 g/mol. The number of amides is 4. The number of carbonyl (C=O) groups excluding carboxylic acids is 3. The molecule has 1 atom stereocenters. The van der Waals surface area contributed by atoms with Crippen molar-refractivity contribution in [1.82, 2.24) is 5.32 Å². The number of fused-ring (bicyclic) bond motifs is 2. The molecule has 170 valence electrons. The predicted molar refractivity (Wildman–Crippen MR) is 126 cm³/mol. The molecule has 1 N–H and O–H groups in total. The Morgan fingerprint density at radius 2 is 1.94 bits per heavy atom. The third-order valence-corrected chi connectivity index (χ3v) is 7.74. The Bertz CT molecular complexity index is 1170. The van der Waals surface area contributed by atoms with Gasteiger partial charge in [-0.05, 0) is 72.6 Å². The van der Waals surface area contributed by atoms with Crippen molar-refractivity contribution in [2.45, 2.75) is 38.6 Å². The van der Waals surface area contributed by atoms with Crippen LogP contribution in [0.2, 0.25) is 5.02 Å². The zero-order valence-corrected chi connectivity index (χ0v) is 19.5. The number of rotatable bonds is 5. The van der Waals surface area contributed by atoms with Crippen LogP contribution in [0.25, 0.3) is 0 Å². The van der Waals surface area contributed by atoms with Crippen molar-refractivity contribution in [1.29, 1.82) is 0 Å². The molecule has 9 heteroatoms. The zero-order chi connectivity index (χ0) is 22.9. The van der Waals surface area contributed by atoms with Gasteiger partial charge in [0.1, 0.15) is 11.4 Å². The van der Waals surface area contributed by atoms with E-state index in [0.29, 0.717) is 21.5 Å². The minimum atomic E-state index is -0.521. The Morgan fingerprint density at radius 3 is 2.70 bits per heavy atom. The van der Waals surface area contributed by atoms with E-state index in [4.69, 9.17) is 16.0 Å². The standard InChI is InChI=1S/C24H22ClN3O4S/c25-15-8-10-16(11-9-15)28-22(30)21-18-6-2-1-3-7-19(18)33-23(21)27(24(28)31)14-20(29)26-13-17-5-4-12-32-17/h4-5,8-12,21H,1-3,6-7,13-14H2/p+1. The second-order valence-corrected chi connectivity index (χ2v) is 9.81. The summed E-state index contributed by atoms with van der Waals surface area (Å²) in [6.45, 7) is 0.0602. The van der Waals surface area contributed by atoms with Crippen LogP contribution in [0, 0.1) is 5.92 Å². The van der Waals surface area contributed by atoms with Gasteiger partial charge in [-0.3, -0.25) is 4.79 Å². The van der Waals surface area contributed by atoms with Gasteiger partial charge in [0.25, 0.3) is 5.91 Å². The lowest BCUT2D eigenvalue weighted by Gasteiger charge is -2.25. The largest absolute Gasteiger partial charge is 0.507 e. The molecule has 3 heterocycles. The van der Waals surface area contributed by atoms with Crippen LogP contribution in [-0.4, -0.2) is 34.0 Å². The number of allylic oxidation sites excluding steroid dienone is 1. The number of halogens is 1. The number of hydrogen-bond donors (Lipinski definition) is 1. The predicted octanol–water partition coefficient (Wildman–Crippen LogP) is 4.71. The van der Waals surface area contributed by atoms with Crippen LogP contribution in [0.4, 0.5) is 10.5 Å². The van der Waals surface area contributed by atoms with Gasteiger partial charge in [0.05, 0.1) is 12.8 Å². The SMILES string of the molecule is O=C(C[N+]1=C2SC3=C(CCCCC3)C2C(=O)N(c2ccc(Cl)cc2)C1=O)NCc1ccco1. The zero-order valence-electron chi connectivity index (χ0n) is 17.9. The molecule has 4 amide bonds. The minimum absolute atomic E-state index is 0.170. The second-order valence-electron chi connectivity index (χ2n) is 8.26. The minimum Gasteiger partial charge on any atom is -0.467 e. The Hall–Kier alpha value is -2.84. The highest BCUT2D eigenvalue weighted by molar-refractivity contribution is 8.17. The molecule has 0 radical (unpaired) electrons. The molecule has 5 rings (SSSR count). The first-order valence-corrected chi connectivity index (χ1v) is 12.2. The maximum Gasteiger partial charge on any atom is 0.507 e. The van der Waals surface area contributed by atoms with E-state index < -0.39 is 11.9 Å². The van der Waals surface area contributed by atoms with Gasteiger partial charge in [-0.15, -0.1) is 4.90 Å². The van der Waals surface area contributed by atoms with Crippen molar-refractivity contribution < 1.29 is 23.4 Å². The smallest absolute Gasteiger partial charge is 0.467 e. The number of urea groups is 1. The molecular formula is C24H23ClN3O4S+. The second kappa shape index (κ2) is 9.19. The number of nitrogens with zero attached hydrogens (tertiary/aromatic N) is 2. The summed E-state index contributed by atoms with van der Waals surface area (Å²) in [4.78, 5) is 42.3. The number of hydrogen-bond acceptors (Lipinski definition) is 5. The summed E-state index contributed by atoms with van der Waals surface area (Å²) in [6, 6.07) is 9.61. The highest BCUT2D eigenvalue weighted by Crippen LogP contribution is 2.47. The molecule has 1 aromatic carbocycles. The van der Waals surface area contributed by atoms with Gasteiger partial charge < -0.3 is 9.73 Å². The Morgan fingerprint density at radius 1 is 1.15 bits per heavy atom. The van der Waals surface area contributed by atoms with E-state index in [2.05, 4.69) is 5.32 Å². The molecule has 1 unspecified atom stereocenters. The fourth-order valence-corrected chi connectivity index (χ4v) is 6.10. The first-order chi connectivity index (χ1) is 16.0. The maximum absolute atomic E-state index is 13.6. The number of benzene rings is 1. The number of carbonyl (C=O) groups is 3. The number of imide groups is 1. The van der Waals surface area contributed by atoms with Crippen LogP contribution in [-0.2, 0) is 16.1 Å².